The number of hydrogen-bond donors (Lipinski definition) is 0. The summed E-state index contributed by atoms with van der Waals surface area (Å²) < 4.78 is 0. The van der Waals surface area contributed by atoms with Crippen molar-refractivity contribution in [1.82, 2.24) is 0 Å². The van der Waals surface area contributed by atoms with E-state index in [-0.39, 0.29) is 5.41 Å². The predicted molar refractivity (Wildman–Crippen MR) is 71.8 cm³/mol. The Bertz CT molecular complexity index is 402. The Labute approximate surface area is 105 Å². The molecule has 0 radical (unpaired) electrons. The fraction of sp³-hybridized carbons (Fsp3) is 0.688. The zero-order valence-electron chi connectivity index (χ0n) is 11.6. The van der Waals surface area contributed by atoms with Crippen molar-refractivity contribution in [1.29, 1.82) is 0 Å². The summed E-state index contributed by atoms with van der Waals surface area (Å²) in [5.41, 5.74) is 4.05. The average molecular weight is 232 g/mol. The van der Waals surface area contributed by atoms with Crippen molar-refractivity contribution in [3.8, 4) is 0 Å². The second-order valence-corrected chi connectivity index (χ2v) is 6.30. The summed E-state index contributed by atoms with van der Waals surface area (Å²) in [4.78, 5) is 11.9. The van der Waals surface area contributed by atoms with Gasteiger partial charge in [0.2, 0.25) is 0 Å². The molecule has 0 N–H and O–H groups in total. The summed E-state index contributed by atoms with van der Waals surface area (Å²) in [5.74, 6) is 1.43. The molecule has 2 aliphatic rings. The summed E-state index contributed by atoms with van der Waals surface area (Å²) >= 11 is 0. The molecule has 0 aromatic carbocycles. The van der Waals surface area contributed by atoms with Gasteiger partial charge in [0, 0.05) is 6.42 Å². The first-order valence-corrected chi connectivity index (χ1v) is 6.76. The second kappa shape index (κ2) is 4.12. The quantitative estimate of drug-likeness (QED) is 0.616. The molecule has 1 nitrogen and oxygen atoms in total. The van der Waals surface area contributed by atoms with E-state index in [1.165, 1.54) is 24.0 Å². The number of rotatable bonds is 1. The zero-order chi connectivity index (χ0) is 12.8. The highest BCUT2D eigenvalue weighted by atomic mass is 16.1. The van der Waals surface area contributed by atoms with Crippen LogP contribution >= 0.6 is 0 Å². The van der Waals surface area contributed by atoms with Crippen LogP contribution in [0, 0.1) is 17.3 Å². The van der Waals surface area contributed by atoms with E-state index in [0.717, 1.165) is 18.4 Å². The molecule has 0 bridgehead atoms. The first kappa shape index (κ1) is 12.6. The molecule has 1 saturated carbocycles. The molecule has 0 aliphatic heterocycles. The monoisotopic (exact) mass is 232 g/mol. The molecule has 0 saturated heterocycles. The van der Waals surface area contributed by atoms with E-state index in [2.05, 4.69) is 27.4 Å². The van der Waals surface area contributed by atoms with Crippen molar-refractivity contribution < 1.29 is 4.79 Å². The topological polar surface area (TPSA) is 17.1 Å². The third-order valence-corrected chi connectivity index (χ3v) is 5.08. The van der Waals surface area contributed by atoms with Gasteiger partial charge in [-0.1, -0.05) is 31.6 Å². The summed E-state index contributed by atoms with van der Waals surface area (Å²) in [6, 6.07) is 0. The van der Waals surface area contributed by atoms with Crippen molar-refractivity contribution in [2.24, 2.45) is 17.3 Å². The number of hydrogen-bond acceptors (Lipinski definition) is 1. The van der Waals surface area contributed by atoms with Crippen molar-refractivity contribution >= 4 is 5.78 Å². The highest BCUT2D eigenvalue weighted by molar-refractivity contribution is 5.96. The molecule has 2 aliphatic carbocycles. The Balaban J connectivity index is 2.46. The van der Waals surface area contributed by atoms with Gasteiger partial charge in [0.1, 0.15) is 0 Å². The molecule has 1 fully saturated rings. The lowest BCUT2D eigenvalue weighted by molar-refractivity contribution is -0.117. The Morgan fingerprint density at radius 1 is 1.41 bits per heavy atom. The average Bonchev–Trinajstić information content (AvgIpc) is 2.24. The van der Waals surface area contributed by atoms with E-state index in [1.807, 2.05) is 6.92 Å². The van der Waals surface area contributed by atoms with Gasteiger partial charge in [-0.3, -0.25) is 4.79 Å². The van der Waals surface area contributed by atoms with Crippen molar-refractivity contribution in [3.63, 3.8) is 0 Å². The second-order valence-electron chi connectivity index (χ2n) is 6.30. The minimum Gasteiger partial charge on any atom is -0.295 e. The highest BCUT2D eigenvalue weighted by Crippen LogP contribution is 2.53. The van der Waals surface area contributed by atoms with Crippen LogP contribution in [0.2, 0.25) is 0 Å². The maximum absolute atomic E-state index is 11.9. The van der Waals surface area contributed by atoms with Crippen LogP contribution in [0.3, 0.4) is 0 Å². The van der Waals surface area contributed by atoms with Crippen LogP contribution in [-0.2, 0) is 4.79 Å². The predicted octanol–water partition coefficient (Wildman–Crippen LogP) is 4.29. The van der Waals surface area contributed by atoms with Gasteiger partial charge in [0.05, 0.1) is 0 Å². The molecule has 0 spiro atoms. The van der Waals surface area contributed by atoms with E-state index < -0.39 is 0 Å². The number of allylic oxidation sites excluding steroid dienone is 3. The molecule has 94 valence electrons. The van der Waals surface area contributed by atoms with Gasteiger partial charge in [0.25, 0.3) is 0 Å². The van der Waals surface area contributed by atoms with Crippen LogP contribution in [-0.4, -0.2) is 5.78 Å². The van der Waals surface area contributed by atoms with Crippen LogP contribution in [0.1, 0.15) is 53.4 Å². The third kappa shape index (κ3) is 1.90. The number of fused-ring (bicyclic) bond motifs is 1. The summed E-state index contributed by atoms with van der Waals surface area (Å²) in [6.45, 7) is 12.9. The van der Waals surface area contributed by atoms with E-state index in [1.54, 1.807) is 0 Å². The Morgan fingerprint density at radius 3 is 2.65 bits per heavy atom. The summed E-state index contributed by atoms with van der Waals surface area (Å²) in [7, 11) is 0. The van der Waals surface area contributed by atoms with Crippen LogP contribution in [0.25, 0.3) is 0 Å². The van der Waals surface area contributed by atoms with Crippen LogP contribution in [0.4, 0.5) is 0 Å². The Kier molecular flexibility index (Phi) is 3.05. The smallest absolute Gasteiger partial charge is 0.158 e. The van der Waals surface area contributed by atoms with E-state index in [4.69, 9.17) is 0 Å². The third-order valence-electron chi connectivity index (χ3n) is 5.08. The van der Waals surface area contributed by atoms with Crippen LogP contribution in [0.15, 0.2) is 23.3 Å². The zero-order valence-corrected chi connectivity index (χ0v) is 11.6. The molecule has 0 unspecified atom stereocenters. The largest absolute Gasteiger partial charge is 0.295 e. The molecule has 2 rings (SSSR count). The molecule has 0 aromatic rings. The van der Waals surface area contributed by atoms with Gasteiger partial charge in [-0.15, -0.1) is 0 Å². The Hall–Kier alpha value is -0.850. The lowest BCUT2D eigenvalue weighted by Crippen LogP contribution is -2.38. The molecule has 17 heavy (non-hydrogen) atoms. The first-order valence-electron chi connectivity index (χ1n) is 6.76. The number of carbonyl (C=O) groups is 1. The van der Waals surface area contributed by atoms with Gasteiger partial charge in [-0.2, -0.15) is 0 Å². The molecular weight excluding hydrogens is 208 g/mol. The van der Waals surface area contributed by atoms with Gasteiger partial charge in [0.15, 0.2) is 5.78 Å². The lowest BCUT2D eigenvalue weighted by atomic mass is 9.57. The van der Waals surface area contributed by atoms with E-state index >= 15 is 0 Å². The minimum atomic E-state index is 0.281. The number of Topliss-reactive ketones (excluding diaryl/α,β-unsaturated/α-hetero) is 1. The van der Waals surface area contributed by atoms with Gasteiger partial charge in [-0.05, 0) is 55.9 Å². The van der Waals surface area contributed by atoms with Crippen molar-refractivity contribution in [3.05, 3.63) is 23.3 Å². The molecule has 3 atom stereocenters. The molecule has 0 amide bonds. The number of carbonyl (C=O) groups excluding carboxylic acids is 1. The minimum absolute atomic E-state index is 0.281. The van der Waals surface area contributed by atoms with Crippen molar-refractivity contribution in [2.75, 3.05) is 0 Å². The normalized spacial score (nSPS) is 38.0. The van der Waals surface area contributed by atoms with Crippen molar-refractivity contribution in [2.45, 2.75) is 53.4 Å². The van der Waals surface area contributed by atoms with E-state index in [0.29, 0.717) is 17.6 Å². The van der Waals surface area contributed by atoms with Gasteiger partial charge >= 0.3 is 0 Å². The SMILES string of the molecule is C=C(C)[C@@H]1CC[C@]2(C)CCC(=O)C(C)=C2[C@H]1C. The lowest BCUT2D eigenvalue weighted by Gasteiger charge is -2.47. The molecule has 1 heteroatoms. The standard InChI is InChI=1S/C16H24O/c1-10(2)13-6-8-16(5)9-7-14(17)12(4)15(16)11(13)3/h11,13H,1,6-9H2,2-5H3/t11-,13-,16+/m0/s1. The Morgan fingerprint density at radius 2 is 2.06 bits per heavy atom. The molecule has 0 aromatic heterocycles. The fourth-order valence-electron chi connectivity index (χ4n) is 4.06. The summed E-state index contributed by atoms with van der Waals surface area (Å²) in [6.07, 6.45) is 4.24. The van der Waals surface area contributed by atoms with Crippen LogP contribution in [0.5, 0.6) is 0 Å². The first-order chi connectivity index (χ1) is 7.87. The van der Waals surface area contributed by atoms with Gasteiger partial charge in [-0.25, -0.2) is 0 Å². The molecular formula is C16H24O. The molecule has 0 heterocycles. The fourth-order valence-corrected chi connectivity index (χ4v) is 4.06. The highest BCUT2D eigenvalue weighted by Gasteiger charge is 2.44. The van der Waals surface area contributed by atoms with Gasteiger partial charge < -0.3 is 0 Å². The maximum Gasteiger partial charge on any atom is 0.158 e. The van der Waals surface area contributed by atoms with E-state index in [9.17, 15) is 4.79 Å². The maximum atomic E-state index is 11.9. The van der Waals surface area contributed by atoms with Crippen LogP contribution < -0.4 is 0 Å². The number of ketones is 1. The summed E-state index contributed by atoms with van der Waals surface area (Å²) in [5, 5.41) is 0.